The van der Waals surface area contributed by atoms with Crippen LogP contribution in [0, 0.1) is 5.82 Å². The quantitative estimate of drug-likeness (QED) is 0.881. The number of hydrogen-bond donors (Lipinski definition) is 2. The Morgan fingerprint density at radius 3 is 2.88 bits per heavy atom. The van der Waals surface area contributed by atoms with Crippen LogP contribution in [0.4, 0.5) is 14.9 Å². The van der Waals surface area contributed by atoms with E-state index in [1.54, 1.807) is 25.1 Å². The molecule has 3 amide bonds. The molecule has 0 fully saturated rings. The van der Waals surface area contributed by atoms with Gasteiger partial charge in [0, 0.05) is 44.0 Å². The molecule has 126 valence electrons. The van der Waals surface area contributed by atoms with Crippen LogP contribution in [-0.2, 0) is 13.0 Å². The fourth-order valence-electron chi connectivity index (χ4n) is 2.63. The first kappa shape index (κ1) is 16.0. The molecule has 2 aromatic rings. The van der Waals surface area contributed by atoms with Gasteiger partial charge >= 0.3 is 6.03 Å². The maximum Gasteiger partial charge on any atom is 0.322 e. The minimum absolute atomic E-state index is 0.208. The summed E-state index contributed by atoms with van der Waals surface area (Å²) in [5, 5.41) is 9.63. The van der Waals surface area contributed by atoms with Crippen LogP contribution in [0.15, 0.2) is 24.3 Å². The number of nitrogens with zero attached hydrogens (tertiary/aromatic N) is 3. The molecule has 0 aliphatic carbocycles. The summed E-state index contributed by atoms with van der Waals surface area (Å²) in [6.07, 6.45) is 0.583. The SMILES string of the molecule is CN(C)C(=O)c1n[nH]c2c1CN(C(=O)Nc1cccc(F)c1)CC2. The van der Waals surface area contributed by atoms with E-state index in [0.717, 1.165) is 11.3 Å². The van der Waals surface area contributed by atoms with Gasteiger partial charge in [0.1, 0.15) is 5.82 Å². The van der Waals surface area contributed by atoms with Gasteiger partial charge in [-0.25, -0.2) is 9.18 Å². The van der Waals surface area contributed by atoms with Gasteiger partial charge in [0.05, 0.1) is 6.54 Å². The lowest BCUT2D eigenvalue weighted by Crippen LogP contribution is -2.39. The van der Waals surface area contributed by atoms with Gasteiger partial charge < -0.3 is 15.1 Å². The van der Waals surface area contributed by atoms with Crippen LogP contribution in [0.3, 0.4) is 0 Å². The second-order valence-corrected chi connectivity index (χ2v) is 5.84. The van der Waals surface area contributed by atoms with Gasteiger partial charge in [-0.15, -0.1) is 0 Å². The molecule has 2 N–H and O–H groups in total. The van der Waals surface area contributed by atoms with E-state index in [-0.39, 0.29) is 18.5 Å². The second kappa shape index (κ2) is 6.31. The number of fused-ring (bicyclic) bond motifs is 1. The normalized spacial score (nSPS) is 13.4. The van der Waals surface area contributed by atoms with Crippen LogP contribution in [-0.4, -0.2) is 52.6 Å². The summed E-state index contributed by atoms with van der Waals surface area (Å²) in [4.78, 5) is 27.6. The number of carbonyl (C=O) groups is 2. The molecule has 24 heavy (non-hydrogen) atoms. The third kappa shape index (κ3) is 3.08. The minimum Gasteiger partial charge on any atom is -0.343 e. The zero-order chi connectivity index (χ0) is 17.3. The summed E-state index contributed by atoms with van der Waals surface area (Å²) in [6.45, 7) is 0.772. The molecule has 0 bridgehead atoms. The number of benzene rings is 1. The smallest absolute Gasteiger partial charge is 0.322 e. The van der Waals surface area contributed by atoms with Gasteiger partial charge in [0.15, 0.2) is 5.69 Å². The van der Waals surface area contributed by atoms with Gasteiger partial charge in [-0.1, -0.05) is 6.07 Å². The molecule has 3 rings (SSSR count). The van der Waals surface area contributed by atoms with Crippen LogP contribution in [0.1, 0.15) is 21.7 Å². The van der Waals surface area contributed by atoms with Crippen molar-refractivity contribution in [3.8, 4) is 0 Å². The van der Waals surface area contributed by atoms with E-state index < -0.39 is 5.82 Å². The Balaban J connectivity index is 1.75. The Kier molecular flexibility index (Phi) is 4.20. The Morgan fingerprint density at radius 2 is 2.17 bits per heavy atom. The van der Waals surface area contributed by atoms with Crippen molar-refractivity contribution in [1.29, 1.82) is 0 Å². The number of aromatic nitrogens is 2. The van der Waals surface area contributed by atoms with Crippen LogP contribution >= 0.6 is 0 Å². The largest absolute Gasteiger partial charge is 0.343 e. The van der Waals surface area contributed by atoms with E-state index >= 15 is 0 Å². The van der Waals surface area contributed by atoms with Crippen molar-refractivity contribution in [2.45, 2.75) is 13.0 Å². The predicted octanol–water partition coefficient (Wildman–Crippen LogP) is 1.84. The average molecular weight is 331 g/mol. The molecule has 8 heteroatoms. The third-order valence-electron chi connectivity index (χ3n) is 3.91. The maximum absolute atomic E-state index is 13.2. The lowest BCUT2D eigenvalue weighted by molar-refractivity contribution is 0.0819. The third-order valence-corrected chi connectivity index (χ3v) is 3.91. The van der Waals surface area contributed by atoms with Crippen LogP contribution < -0.4 is 5.32 Å². The van der Waals surface area contributed by atoms with Gasteiger partial charge in [0.2, 0.25) is 0 Å². The van der Waals surface area contributed by atoms with Crippen molar-refractivity contribution >= 4 is 17.6 Å². The van der Waals surface area contributed by atoms with Crippen molar-refractivity contribution in [2.24, 2.45) is 0 Å². The standard InChI is InChI=1S/C16H18FN5O2/c1-21(2)15(23)14-12-9-22(7-6-13(12)19-20-14)16(24)18-11-5-3-4-10(17)8-11/h3-5,8H,6-7,9H2,1-2H3,(H,18,24)(H,19,20). The number of hydrogen-bond acceptors (Lipinski definition) is 3. The predicted molar refractivity (Wildman–Crippen MR) is 86.1 cm³/mol. The van der Waals surface area contributed by atoms with Gasteiger partial charge in [-0.2, -0.15) is 5.10 Å². The number of anilines is 1. The minimum atomic E-state index is -0.414. The number of halogens is 1. The van der Waals surface area contributed by atoms with Crippen LogP contribution in [0.2, 0.25) is 0 Å². The molecule has 0 unspecified atom stereocenters. The summed E-state index contributed by atoms with van der Waals surface area (Å²) in [6, 6.07) is 5.38. The summed E-state index contributed by atoms with van der Waals surface area (Å²) < 4.78 is 13.2. The number of aromatic amines is 1. The highest BCUT2D eigenvalue weighted by atomic mass is 19.1. The molecule has 7 nitrogen and oxygen atoms in total. The van der Waals surface area contributed by atoms with E-state index in [4.69, 9.17) is 0 Å². The molecule has 0 spiro atoms. The van der Waals surface area contributed by atoms with Crippen molar-refractivity contribution in [3.05, 3.63) is 47.0 Å². The molecular formula is C16H18FN5O2. The molecular weight excluding hydrogens is 313 g/mol. The van der Waals surface area contributed by atoms with Gasteiger partial charge in [-0.3, -0.25) is 9.89 Å². The number of H-pyrrole nitrogens is 1. The molecule has 1 aromatic heterocycles. The summed E-state index contributed by atoms with van der Waals surface area (Å²) in [5.41, 5.74) is 2.32. The molecule has 0 saturated carbocycles. The van der Waals surface area contributed by atoms with Crippen LogP contribution in [0.25, 0.3) is 0 Å². The fraction of sp³-hybridized carbons (Fsp3) is 0.312. The van der Waals surface area contributed by atoms with E-state index in [1.807, 2.05) is 0 Å². The summed E-state index contributed by atoms with van der Waals surface area (Å²) in [7, 11) is 3.31. The first-order valence-electron chi connectivity index (χ1n) is 7.55. The Bertz CT molecular complexity index is 787. The molecule has 1 aliphatic rings. The highest BCUT2D eigenvalue weighted by Gasteiger charge is 2.28. The van der Waals surface area contributed by atoms with Crippen LogP contribution in [0.5, 0.6) is 0 Å². The van der Waals surface area contributed by atoms with Crippen molar-refractivity contribution in [2.75, 3.05) is 26.0 Å². The second-order valence-electron chi connectivity index (χ2n) is 5.84. The zero-order valence-electron chi connectivity index (χ0n) is 13.5. The zero-order valence-corrected chi connectivity index (χ0v) is 13.5. The van der Waals surface area contributed by atoms with E-state index in [2.05, 4.69) is 15.5 Å². The van der Waals surface area contributed by atoms with Gasteiger partial charge in [-0.05, 0) is 18.2 Å². The number of rotatable bonds is 2. The Hall–Kier alpha value is -2.90. The molecule has 0 atom stereocenters. The molecule has 2 heterocycles. The first-order valence-corrected chi connectivity index (χ1v) is 7.55. The first-order chi connectivity index (χ1) is 11.5. The molecule has 0 saturated heterocycles. The highest BCUT2D eigenvalue weighted by Crippen LogP contribution is 2.22. The maximum atomic E-state index is 13.2. The number of urea groups is 1. The van der Waals surface area contributed by atoms with E-state index in [1.165, 1.54) is 23.1 Å². The summed E-state index contributed by atoms with van der Waals surface area (Å²) >= 11 is 0. The lowest BCUT2D eigenvalue weighted by Gasteiger charge is -2.27. The summed E-state index contributed by atoms with van der Waals surface area (Å²) in [5.74, 6) is -0.623. The Morgan fingerprint density at radius 1 is 1.38 bits per heavy atom. The van der Waals surface area contributed by atoms with E-state index in [9.17, 15) is 14.0 Å². The Labute approximate surface area is 138 Å². The number of nitrogens with one attached hydrogen (secondary N) is 2. The van der Waals surface area contributed by atoms with Crippen molar-refractivity contribution in [3.63, 3.8) is 0 Å². The molecule has 1 aliphatic heterocycles. The van der Waals surface area contributed by atoms with E-state index in [0.29, 0.717) is 24.3 Å². The fourth-order valence-corrected chi connectivity index (χ4v) is 2.63. The number of carbonyl (C=O) groups excluding carboxylic acids is 2. The van der Waals surface area contributed by atoms with Gasteiger partial charge in [0.25, 0.3) is 5.91 Å². The highest BCUT2D eigenvalue weighted by molar-refractivity contribution is 5.94. The molecule has 0 radical (unpaired) electrons. The van der Waals surface area contributed by atoms with Crippen molar-refractivity contribution < 1.29 is 14.0 Å². The monoisotopic (exact) mass is 331 g/mol. The topological polar surface area (TPSA) is 81.3 Å². The number of amides is 3. The molecule has 1 aromatic carbocycles. The average Bonchev–Trinajstić information content (AvgIpc) is 2.97. The lowest BCUT2D eigenvalue weighted by atomic mass is 10.1. The van der Waals surface area contributed by atoms with Crippen molar-refractivity contribution in [1.82, 2.24) is 20.0 Å².